The third-order valence-corrected chi connectivity index (χ3v) is 14.9. The van der Waals surface area contributed by atoms with E-state index in [1.807, 2.05) is 0 Å². The van der Waals surface area contributed by atoms with E-state index in [1.54, 1.807) is 0 Å². The molecule has 14 aromatic rings. The monoisotopic (exact) mass is 956 g/mol. The molecule has 3 heteroatoms. The van der Waals surface area contributed by atoms with Crippen LogP contribution in [-0.4, -0.2) is 0 Å². The van der Waals surface area contributed by atoms with Gasteiger partial charge < -0.3 is 14.2 Å². The minimum Gasteiger partial charge on any atom is -0.456 e. The molecule has 0 bridgehead atoms. The molecule has 0 fully saturated rings. The lowest BCUT2D eigenvalue weighted by Crippen LogP contribution is -2.11. The fourth-order valence-electron chi connectivity index (χ4n) is 11.2. The van der Waals surface area contributed by atoms with Crippen LogP contribution in [0.3, 0.4) is 0 Å². The Morgan fingerprint density at radius 1 is 0.227 bits per heavy atom. The SMILES string of the molecule is c1ccc(-c2ccc(N(c3ccc(-c4ccccc4)cc3)c3ccc(-c4ccc(N(c5ccc(-c6ccccc6)cc5)c5cc6oc7ccc8ccccc8c7c6c6ccccc56)c5ccccc45)cc3)cc2)cc1. The largest absolute Gasteiger partial charge is 0.456 e. The molecule has 1 heterocycles. The Hall–Kier alpha value is -9.96. The van der Waals surface area contributed by atoms with Gasteiger partial charge >= 0.3 is 0 Å². The molecule has 352 valence electrons. The molecular formula is C72H48N2O. The van der Waals surface area contributed by atoms with Gasteiger partial charge in [0.25, 0.3) is 0 Å². The summed E-state index contributed by atoms with van der Waals surface area (Å²) in [4.78, 5) is 4.78. The van der Waals surface area contributed by atoms with Gasteiger partial charge in [-0.3, -0.25) is 0 Å². The zero-order valence-corrected chi connectivity index (χ0v) is 41.0. The van der Waals surface area contributed by atoms with Crippen LogP contribution in [0.5, 0.6) is 0 Å². The Labute approximate surface area is 436 Å². The van der Waals surface area contributed by atoms with E-state index < -0.39 is 0 Å². The lowest BCUT2D eigenvalue weighted by Gasteiger charge is -2.29. The Morgan fingerprint density at radius 2 is 0.613 bits per heavy atom. The summed E-state index contributed by atoms with van der Waals surface area (Å²) in [7, 11) is 0. The van der Waals surface area contributed by atoms with Crippen molar-refractivity contribution in [3.63, 3.8) is 0 Å². The van der Waals surface area contributed by atoms with E-state index in [0.29, 0.717) is 0 Å². The van der Waals surface area contributed by atoms with Crippen LogP contribution < -0.4 is 9.80 Å². The van der Waals surface area contributed by atoms with E-state index in [4.69, 9.17) is 4.42 Å². The molecule has 3 nitrogen and oxygen atoms in total. The average molecular weight is 957 g/mol. The van der Waals surface area contributed by atoms with Crippen LogP contribution >= 0.6 is 0 Å². The van der Waals surface area contributed by atoms with Crippen molar-refractivity contribution < 1.29 is 4.42 Å². The highest BCUT2D eigenvalue weighted by Gasteiger charge is 2.24. The second kappa shape index (κ2) is 18.6. The Bertz CT molecular complexity index is 4280. The van der Waals surface area contributed by atoms with Crippen molar-refractivity contribution in [2.75, 3.05) is 9.80 Å². The van der Waals surface area contributed by atoms with E-state index in [1.165, 1.54) is 49.5 Å². The van der Waals surface area contributed by atoms with Crippen LogP contribution in [-0.2, 0) is 0 Å². The minimum atomic E-state index is 0.857. The minimum absolute atomic E-state index is 0.857. The number of furan rings is 1. The third kappa shape index (κ3) is 7.86. The lowest BCUT2D eigenvalue weighted by molar-refractivity contribution is 0.669. The van der Waals surface area contributed by atoms with Gasteiger partial charge in [0, 0.05) is 50.4 Å². The Balaban J connectivity index is 0.901. The molecule has 13 aromatic carbocycles. The second-order valence-corrected chi connectivity index (χ2v) is 19.2. The van der Waals surface area contributed by atoms with Gasteiger partial charge in [-0.25, -0.2) is 0 Å². The van der Waals surface area contributed by atoms with Crippen molar-refractivity contribution in [2.24, 2.45) is 0 Å². The fraction of sp³-hybridized carbons (Fsp3) is 0. The molecular weight excluding hydrogens is 909 g/mol. The first-order valence-electron chi connectivity index (χ1n) is 25.6. The maximum absolute atomic E-state index is 6.87. The quantitative estimate of drug-likeness (QED) is 0.136. The van der Waals surface area contributed by atoms with Gasteiger partial charge in [-0.05, 0) is 127 Å². The molecule has 0 radical (unpaired) electrons. The van der Waals surface area contributed by atoms with E-state index in [-0.39, 0.29) is 0 Å². The van der Waals surface area contributed by atoms with Crippen LogP contribution in [0.1, 0.15) is 0 Å². The molecule has 0 atom stereocenters. The maximum Gasteiger partial charge on any atom is 0.138 e. The molecule has 1 aromatic heterocycles. The number of fused-ring (bicyclic) bond motifs is 8. The van der Waals surface area contributed by atoms with Gasteiger partial charge in [0.1, 0.15) is 11.2 Å². The highest BCUT2D eigenvalue weighted by atomic mass is 16.3. The summed E-state index contributed by atoms with van der Waals surface area (Å²) in [5.41, 5.74) is 17.6. The molecule has 75 heavy (non-hydrogen) atoms. The van der Waals surface area contributed by atoms with Gasteiger partial charge in [0.2, 0.25) is 0 Å². The van der Waals surface area contributed by atoms with Crippen molar-refractivity contribution in [1.82, 2.24) is 0 Å². The summed E-state index contributed by atoms with van der Waals surface area (Å²) < 4.78 is 6.87. The summed E-state index contributed by atoms with van der Waals surface area (Å²) >= 11 is 0. The first kappa shape index (κ1) is 43.8. The highest BCUT2D eigenvalue weighted by Crippen LogP contribution is 2.49. The van der Waals surface area contributed by atoms with Gasteiger partial charge in [-0.2, -0.15) is 0 Å². The molecule has 0 unspecified atom stereocenters. The molecule has 0 N–H and O–H groups in total. The first-order chi connectivity index (χ1) is 37.2. The number of hydrogen-bond acceptors (Lipinski definition) is 3. The number of rotatable bonds is 10. The average Bonchev–Trinajstić information content (AvgIpc) is 3.90. The fourth-order valence-corrected chi connectivity index (χ4v) is 11.2. The normalized spacial score (nSPS) is 11.5. The first-order valence-corrected chi connectivity index (χ1v) is 25.6. The Morgan fingerprint density at radius 3 is 1.13 bits per heavy atom. The summed E-state index contributed by atoms with van der Waals surface area (Å²) in [5.74, 6) is 0. The molecule has 0 amide bonds. The number of anilines is 6. The summed E-state index contributed by atoms with van der Waals surface area (Å²) in [6, 6.07) is 105. The van der Waals surface area contributed by atoms with E-state index in [0.717, 1.165) is 83.3 Å². The summed E-state index contributed by atoms with van der Waals surface area (Å²) in [5, 5.41) is 9.28. The van der Waals surface area contributed by atoms with Crippen molar-refractivity contribution in [2.45, 2.75) is 0 Å². The molecule has 14 rings (SSSR count). The van der Waals surface area contributed by atoms with Crippen molar-refractivity contribution in [3.05, 3.63) is 291 Å². The molecule has 0 aliphatic carbocycles. The van der Waals surface area contributed by atoms with Crippen LogP contribution in [0.15, 0.2) is 296 Å². The molecule has 0 saturated heterocycles. The number of hydrogen-bond donors (Lipinski definition) is 0. The van der Waals surface area contributed by atoms with Gasteiger partial charge in [0.05, 0.1) is 11.4 Å². The predicted octanol–water partition coefficient (Wildman–Crippen LogP) is 20.7. The van der Waals surface area contributed by atoms with Crippen LogP contribution in [0.25, 0.3) is 98.8 Å². The van der Waals surface area contributed by atoms with Gasteiger partial charge in [-0.15, -0.1) is 0 Å². The number of nitrogens with zero attached hydrogens (tertiary/aromatic N) is 2. The molecule has 0 aliphatic heterocycles. The van der Waals surface area contributed by atoms with Crippen molar-refractivity contribution in [3.8, 4) is 44.5 Å². The lowest BCUT2D eigenvalue weighted by atomic mass is 9.95. The Kier molecular flexibility index (Phi) is 10.8. The topological polar surface area (TPSA) is 19.6 Å². The van der Waals surface area contributed by atoms with Gasteiger partial charge in [0.15, 0.2) is 0 Å². The van der Waals surface area contributed by atoms with E-state index >= 15 is 0 Å². The highest BCUT2D eigenvalue weighted by molar-refractivity contribution is 6.28. The standard InChI is InChI=1S/C72H48N2O/c1-4-16-49(17-5-1)52-28-37-57(38-29-52)73(58-39-30-53(31-40-58)50-18-6-2-7-19-50)59-43-34-56(35-44-59)61-45-46-67(64-25-13-12-24-63(61)64)74(60-41-32-54(33-42-60)51-20-8-3-9-21-51)68-48-70-72(66-27-15-14-26-65(66)68)71-62-23-11-10-22-55(62)36-47-69(71)75-70/h1-48H. The molecule has 0 saturated carbocycles. The van der Waals surface area contributed by atoms with E-state index in [2.05, 4.69) is 301 Å². The predicted molar refractivity (Wildman–Crippen MR) is 317 cm³/mol. The van der Waals surface area contributed by atoms with Crippen LogP contribution in [0.2, 0.25) is 0 Å². The maximum atomic E-state index is 6.87. The van der Waals surface area contributed by atoms with Crippen molar-refractivity contribution in [1.29, 1.82) is 0 Å². The number of benzene rings is 13. The summed E-state index contributed by atoms with van der Waals surface area (Å²) in [6.45, 7) is 0. The molecule has 0 aliphatic rings. The summed E-state index contributed by atoms with van der Waals surface area (Å²) in [6.07, 6.45) is 0. The van der Waals surface area contributed by atoms with E-state index in [9.17, 15) is 0 Å². The second-order valence-electron chi connectivity index (χ2n) is 19.2. The van der Waals surface area contributed by atoms with Crippen LogP contribution in [0.4, 0.5) is 34.1 Å². The zero-order valence-electron chi connectivity index (χ0n) is 41.0. The smallest absolute Gasteiger partial charge is 0.138 e. The third-order valence-electron chi connectivity index (χ3n) is 14.9. The van der Waals surface area contributed by atoms with Gasteiger partial charge in [-0.1, -0.05) is 224 Å². The molecule has 0 spiro atoms. The zero-order chi connectivity index (χ0) is 49.7. The van der Waals surface area contributed by atoms with Crippen molar-refractivity contribution >= 4 is 88.4 Å². The van der Waals surface area contributed by atoms with Crippen LogP contribution in [0, 0.1) is 0 Å².